The first kappa shape index (κ1) is 22.9. The maximum absolute atomic E-state index is 12.4. The summed E-state index contributed by atoms with van der Waals surface area (Å²) >= 11 is 0. The average molecular weight is 449 g/mol. The number of hydrogen-bond acceptors (Lipinski definition) is 8. The summed E-state index contributed by atoms with van der Waals surface area (Å²) in [6.45, 7) is 0. The molecule has 0 atom stereocenters. The molecule has 10 nitrogen and oxygen atoms in total. The second-order valence-electron chi connectivity index (χ2n) is 6.53. The molecule has 1 amide bonds. The average Bonchev–Trinajstić information content (AvgIpc) is 2.84. The molecule has 0 aliphatic carbocycles. The molecule has 168 valence electrons. The number of carbonyl (C=O) groups is 2. The Kier molecular flexibility index (Phi) is 7.32. The number of carbonyl (C=O) groups excluding carboxylic acids is 2. The molecule has 0 fully saturated rings. The standard InChI is InChI=1S/C23H19N3O7/c1-31-19-10-6-17(7-11-19)23(28)33-20-12-3-15(13-21(20)32-2)14-24-25-22(27)16-4-8-18(9-5-16)26(29)30/h3-14H,1-2H3,(H,25,27)/b24-14-. The smallest absolute Gasteiger partial charge is 0.343 e. The van der Waals surface area contributed by atoms with Crippen molar-refractivity contribution in [2.24, 2.45) is 5.10 Å². The van der Waals surface area contributed by atoms with Crippen molar-refractivity contribution in [3.05, 3.63) is 93.5 Å². The number of ether oxygens (including phenoxy) is 3. The summed E-state index contributed by atoms with van der Waals surface area (Å²) in [4.78, 5) is 34.6. The first-order valence-corrected chi connectivity index (χ1v) is 9.53. The zero-order valence-electron chi connectivity index (χ0n) is 17.7. The van der Waals surface area contributed by atoms with Gasteiger partial charge in [-0.2, -0.15) is 5.10 Å². The van der Waals surface area contributed by atoms with Crippen LogP contribution < -0.4 is 19.6 Å². The van der Waals surface area contributed by atoms with Gasteiger partial charge in [0.1, 0.15) is 5.75 Å². The van der Waals surface area contributed by atoms with Gasteiger partial charge in [-0.25, -0.2) is 10.2 Å². The van der Waals surface area contributed by atoms with Gasteiger partial charge in [-0.15, -0.1) is 0 Å². The van der Waals surface area contributed by atoms with Crippen molar-refractivity contribution in [3.63, 3.8) is 0 Å². The van der Waals surface area contributed by atoms with Gasteiger partial charge in [-0.3, -0.25) is 14.9 Å². The maximum Gasteiger partial charge on any atom is 0.343 e. The van der Waals surface area contributed by atoms with Gasteiger partial charge in [-0.1, -0.05) is 0 Å². The van der Waals surface area contributed by atoms with Crippen LogP contribution in [0.4, 0.5) is 5.69 Å². The molecule has 0 aliphatic heterocycles. The summed E-state index contributed by atoms with van der Waals surface area (Å²) in [6, 6.07) is 16.3. The normalized spacial score (nSPS) is 10.5. The van der Waals surface area contributed by atoms with Crippen molar-refractivity contribution < 1.29 is 28.7 Å². The molecule has 0 heterocycles. The van der Waals surface area contributed by atoms with Crippen LogP contribution in [-0.4, -0.2) is 37.2 Å². The van der Waals surface area contributed by atoms with E-state index >= 15 is 0 Å². The number of non-ortho nitro benzene ring substituents is 1. The molecule has 0 saturated heterocycles. The van der Waals surface area contributed by atoms with E-state index < -0.39 is 16.8 Å². The Morgan fingerprint density at radius 2 is 1.58 bits per heavy atom. The second kappa shape index (κ2) is 10.5. The molecule has 1 N–H and O–H groups in total. The number of methoxy groups -OCH3 is 2. The Morgan fingerprint density at radius 3 is 2.18 bits per heavy atom. The van der Waals surface area contributed by atoms with Crippen LogP contribution in [0.15, 0.2) is 71.8 Å². The van der Waals surface area contributed by atoms with Gasteiger partial charge in [0.15, 0.2) is 11.5 Å². The summed E-state index contributed by atoms with van der Waals surface area (Å²) in [7, 11) is 2.96. The van der Waals surface area contributed by atoms with Crippen LogP contribution in [0, 0.1) is 10.1 Å². The van der Waals surface area contributed by atoms with Crippen molar-refractivity contribution in [2.45, 2.75) is 0 Å². The van der Waals surface area contributed by atoms with Crippen molar-refractivity contribution in [3.8, 4) is 17.2 Å². The van der Waals surface area contributed by atoms with E-state index in [9.17, 15) is 19.7 Å². The van der Waals surface area contributed by atoms with Crippen molar-refractivity contribution in [2.75, 3.05) is 14.2 Å². The zero-order chi connectivity index (χ0) is 23.8. The first-order valence-electron chi connectivity index (χ1n) is 9.53. The van der Waals surface area contributed by atoms with Gasteiger partial charge < -0.3 is 14.2 Å². The number of rotatable bonds is 8. The van der Waals surface area contributed by atoms with Gasteiger partial charge in [0.25, 0.3) is 11.6 Å². The molecule has 3 aromatic carbocycles. The van der Waals surface area contributed by atoms with Crippen LogP contribution in [0.2, 0.25) is 0 Å². The fraction of sp³-hybridized carbons (Fsp3) is 0.0870. The highest BCUT2D eigenvalue weighted by atomic mass is 16.6. The molecule has 0 aliphatic rings. The largest absolute Gasteiger partial charge is 0.497 e. The van der Waals surface area contributed by atoms with Crippen LogP contribution in [0.25, 0.3) is 0 Å². The highest BCUT2D eigenvalue weighted by molar-refractivity contribution is 5.95. The lowest BCUT2D eigenvalue weighted by molar-refractivity contribution is -0.384. The van der Waals surface area contributed by atoms with Gasteiger partial charge in [0, 0.05) is 17.7 Å². The minimum atomic E-state index is -0.562. The van der Waals surface area contributed by atoms with Gasteiger partial charge in [0.2, 0.25) is 0 Å². The number of hydrogen-bond donors (Lipinski definition) is 1. The molecule has 0 unspecified atom stereocenters. The van der Waals surface area contributed by atoms with E-state index in [1.165, 1.54) is 44.7 Å². The van der Waals surface area contributed by atoms with Crippen molar-refractivity contribution in [1.82, 2.24) is 5.43 Å². The molecule has 0 spiro atoms. The highest BCUT2D eigenvalue weighted by Crippen LogP contribution is 2.28. The number of hydrazone groups is 1. The summed E-state index contributed by atoms with van der Waals surface area (Å²) in [5, 5.41) is 14.6. The number of benzene rings is 3. The molecule has 3 rings (SSSR count). The molecule has 33 heavy (non-hydrogen) atoms. The van der Waals surface area contributed by atoms with Crippen LogP contribution >= 0.6 is 0 Å². The molecule has 10 heteroatoms. The Hall–Kier alpha value is -4.73. The Balaban J connectivity index is 1.64. The lowest BCUT2D eigenvalue weighted by atomic mass is 10.2. The third-order valence-corrected chi connectivity index (χ3v) is 4.44. The number of nitrogens with one attached hydrogen (secondary N) is 1. The predicted octanol–water partition coefficient (Wildman–Crippen LogP) is 3.60. The quantitative estimate of drug-likeness (QED) is 0.183. The van der Waals surface area contributed by atoms with E-state index in [1.54, 1.807) is 42.5 Å². The second-order valence-corrected chi connectivity index (χ2v) is 6.53. The van der Waals surface area contributed by atoms with Crippen molar-refractivity contribution >= 4 is 23.8 Å². The lowest BCUT2D eigenvalue weighted by Crippen LogP contribution is -2.17. The number of amides is 1. The van der Waals surface area contributed by atoms with Crippen LogP contribution in [-0.2, 0) is 0 Å². The minimum Gasteiger partial charge on any atom is -0.497 e. The fourth-order valence-corrected chi connectivity index (χ4v) is 2.70. The molecule has 0 bridgehead atoms. The minimum absolute atomic E-state index is 0.116. The summed E-state index contributed by atoms with van der Waals surface area (Å²) < 4.78 is 15.8. The van der Waals surface area contributed by atoms with Gasteiger partial charge in [0.05, 0.1) is 30.9 Å². The molecular formula is C23H19N3O7. The highest BCUT2D eigenvalue weighted by Gasteiger charge is 2.13. The van der Waals surface area contributed by atoms with E-state index in [0.29, 0.717) is 22.6 Å². The monoisotopic (exact) mass is 449 g/mol. The first-order chi connectivity index (χ1) is 15.9. The Bertz CT molecular complexity index is 1190. The van der Waals surface area contributed by atoms with E-state index in [4.69, 9.17) is 14.2 Å². The van der Waals surface area contributed by atoms with E-state index in [0.717, 1.165) is 0 Å². The maximum atomic E-state index is 12.4. The number of nitrogens with zero attached hydrogens (tertiary/aromatic N) is 2. The molecule has 0 radical (unpaired) electrons. The predicted molar refractivity (Wildman–Crippen MR) is 119 cm³/mol. The fourth-order valence-electron chi connectivity index (χ4n) is 2.70. The topological polar surface area (TPSA) is 129 Å². The van der Waals surface area contributed by atoms with Gasteiger partial charge in [-0.05, 0) is 60.2 Å². The molecule has 0 saturated carbocycles. The van der Waals surface area contributed by atoms with E-state index in [-0.39, 0.29) is 17.0 Å². The third kappa shape index (κ3) is 5.91. The van der Waals surface area contributed by atoms with Crippen LogP contribution in [0.3, 0.4) is 0 Å². The molecule has 0 aromatic heterocycles. The van der Waals surface area contributed by atoms with Crippen molar-refractivity contribution in [1.29, 1.82) is 0 Å². The summed E-state index contributed by atoms with van der Waals surface area (Å²) in [5.74, 6) is 0.0345. The van der Waals surface area contributed by atoms with Crippen LogP contribution in [0.5, 0.6) is 17.2 Å². The number of nitro benzene ring substituents is 1. The Morgan fingerprint density at radius 1 is 0.909 bits per heavy atom. The summed E-state index contributed by atoms with van der Waals surface area (Å²) in [5.41, 5.74) is 3.35. The SMILES string of the molecule is COc1ccc(C(=O)Oc2ccc(/C=N\NC(=O)c3ccc([N+](=O)[O-])cc3)cc2OC)cc1. The number of nitro groups is 1. The van der Waals surface area contributed by atoms with Gasteiger partial charge >= 0.3 is 5.97 Å². The van der Waals surface area contributed by atoms with E-state index in [1.807, 2.05) is 0 Å². The third-order valence-electron chi connectivity index (χ3n) is 4.44. The summed E-state index contributed by atoms with van der Waals surface area (Å²) in [6.07, 6.45) is 1.38. The molecular weight excluding hydrogens is 430 g/mol. The lowest BCUT2D eigenvalue weighted by Gasteiger charge is -2.10. The Labute approximate surface area is 188 Å². The molecule has 3 aromatic rings. The number of esters is 1. The zero-order valence-corrected chi connectivity index (χ0v) is 17.7. The van der Waals surface area contributed by atoms with E-state index in [2.05, 4.69) is 10.5 Å². The van der Waals surface area contributed by atoms with Crippen LogP contribution in [0.1, 0.15) is 26.3 Å².